The van der Waals surface area contributed by atoms with Gasteiger partial charge < -0.3 is 15.0 Å². The first-order valence-electron chi connectivity index (χ1n) is 12.0. The third-order valence-electron chi connectivity index (χ3n) is 6.81. The Morgan fingerprint density at radius 1 is 1.06 bits per heavy atom. The largest absolute Gasteiger partial charge is 0.376 e. The van der Waals surface area contributed by atoms with Crippen molar-refractivity contribution >= 4 is 23.1 Å². The Hall–Kier alpha value is -2.28. The van der Waals surface area contributed by atoms with E-state index in [1.807, 2.05) is 12.1 Å². The second-order valence-corrected chi connectivity index (χ2v) is 9.90. The van der Waals surface area contributed by atoms with Gasteiger partial charge in [-0.1, -0.05) is 35.9 Å². The van der Waals surface area contributed by atoms with Crippen LogP contribution in [-0.2, 0) is 22.7 Å². The van der Waals surface area contributed by atoms with Crippen molar-refractivity contribution in [3.63, 3.8) is 0 Å². The first-order chi connectivity index (χ1) is 16.5. The van der Waals surface area contributed by atoms with Gasteiger partial charge in [-0.05, 0) is 73.4 Å². The van der Waals surface area contributed by atoms with Crippen molar-refractivity contribution in [2.75, 3.05) is 19.7 Å². The normalized spacial score (nSPS) is 18.3. The number of nitrogens with one attached hydrogen (secondary N) is 1. The Bertz CT molecular complexity index is 1090. The van der Waals surface area contributed by atoms with Crippen LogP contribution in [-0.4, -0.2) is 36.5 Å². The summed E-state index contributed by atoms with van der Waals surface area (Å²) in [5.74, 6) is -0.679. The van der Waals surface area contributed by atoms with Crippen LogP contribution in [0.3, 0.4) is 0 Å². The van der Waals surface area contributed by atoms with Gasteiger partial charge in [0, 0.05) is 30.3 Å². The molecule has 0 atom stereocenters. The Labute approximate surface area is 203 Å². The molecule has 0 saturated heterocycles. The number of halogens is 3. The zero-order valence-corrected chi connectivity index (χ0v) is 19.8. The molecule has 1 amide bonds. The van der Waals surface area contributed by atoms with Crippen LogP contribution in [0.1, 0.15) is 48.8 Å². The minimum absolute atomic E-state index is 0.0212. The van der Waals surface area contributed by atoms with E-state index in [-0.39, 0.29) is 29.1 Å². The summed E-state index contributed by atoms with van der Waals surface area (Å²) in [4.78, 5) is 15.4. The van der Waals surface area contributed by atoms with Crippen molar-refractivity contribution < 1.29 is 18.3 Å². The summed E-state index contributed by atoms with van der Waals surface area (Å²) in [7, 11) is 0. The van der Waals surface area contributed by atoms with E-state index >= 15 is 0 Å². The highest BCUT2D eigenvalue weighted by Gasteiger charge is 2.36. The maximum atomic E-state index is 14.5. The first kappa shape index (κ1) is 23.5. The molecule has 34 heavy (non-hydrogen) atoms. The van der Waals surface area contributed by atoms with Crippen LogP contribution >= 0.6 is 11.6 Å². The van der Waals surface area contributed by atoms with Crippen molar-refractivity contribution in [1.29, 1.82) is 0 Å². The van der Waals surface area contributed by atoms with Crippen molar-refractivity contribution in [3.05, 3.63) is 75.3 Å². The van der Waals surface area contributed by atoms with Crippen LogP contribution in [0.25, 0.3) is 5.57 Å². The molecule has 2 aromatic carbocycles. The van der Waals surface area contributed by atoms with Gasteiger partial charge >= 0.3 is 0 Å². The first-order valence-corrected chi connectivity index (χ1v) is 12.4. The third-order valence-corrected chi connectivity index (χ3v) is 7.22. The van der Waals surface area contributed by atoms with Gasteiger partial charge in [0.05, 0.1) is 18.2 Å². The molecule has 2 fully saturated rings. The van der Waals surface area contributed by atoms with Crippen molar-refractivity contribution in [1.82, 2.24) is 10.2 Å². The summed E-state index contributed by atoms with van der Waals surface area (Å²) >= 11 is 6.07. The van der Waals surface area contributed by atoms with E-state index in [4.69, 9.17) is 16.3 Å². The fraction of sp³-hybridized carbons (Fsp3) is 0.444. The van der Waals surface area contributed by atoms with Crippen LogP contribution in [0, 0.1) is 17.6 Å². The summed E-state index contributed by atoms with van der Waals surface area (Å²) in [6, 6.07) is 10.3. The van der Waals surface area contributed by atoms with Crippen LogP contribution in [0.15, 0.2) is 42.0 Å². The quantitative estimate of drug-likeness (QED) is 0.477. The van der Waals surface area contributed by atoms with Gasteiger partial charge in [0.1, 0.15) is 11.6 Å². The van der Waals surface area contributed by atoms with E-state index in [9.17, 15) is 13.6 Å². The molecular weight excluding hydrogens is 458 g/mol. The molecule has 3 aliphatic rings. The van der Waals surface area contributed by atoms with Gasteiger partial charge in [-0.3, -0.25) is 4.79 Å². The van der Waals surface area contributed by atoms with Crippen LogP contribution in [0.5, 0.6) is 0 Å². The zero-order chi connectivity index (χ0) is 23.7. The molecule has 2 saturated carbocycles. The van der Waals surface area contributed by atoms with Gasteiger partial charge in [0.15, 0.2) is 0 Å². The maximum Gasteiger partial charge on any atom is 0.251 e. The van der Waals surface area contributed by atoms with Crippen LogP contribution in [0.4, 0.5) is 8.78 Å². The number of nitrogens with zero attached hydrogens (tertiary/aromatic N) is 1. The third kappa shape index (κ3) is 5.35. The van der Waals surface area contributed by atoms with Crippen molar-refractivity contribution in [2.45, 2.75) is 51.3 Å². The molecular formula is C27H29ClF2N2O2. The van der Waals surface area contributed by atoms with Gasteiger partial charge in [-0.15, -0.1) is 0 Å². The van der Waals surface area contributed by atoms with E-state index < -0.39 is 11.6 Å². The second kappa shape index (κ2) is 10.1. The Balaban J connectivity index is 1.37. The number of carbonyl (C=O) groups excluding carboxylic acids is 1. The lowest BCUT2D eigenvalue weighted by Gasteiger charge is -2.28. The molecule has 0 bridgehead atoms. The van der Waals surface area contributed by atoms with Gasteiger partial charge in [0.2, 0.25) is 0 Å². The predicted molar refractivity (Wildman–Crippen MR) is 128 cm³/mol. The summed E-state index contributed by atoms with van der Waals surface area (Å²) in [6.07, 6.45) is 4.98. The van der Waals surface area contributed by atoms with Gasteiger partial charge in [-0.25, -0.2) is 8.78 Å². The number of amides is 1. The molecule has 0 spiro atoms. The minimum atomic E-state index is -0.679. The lowest BCUT2D eigenvalue weighted by Crippen LogP contribution is -2.39. The van der Waals surface area contributed by atoms with Crippen LogP contribution in [0.2, 0.25) is 5.02 Å². The average Bonchev–Trinajstić information content (AvgIpc) is 3.77. The Kier molecular flexibility index (Phi) is 7.00. The molecule has 1 N–H and O–H groups in total. The molecule has 0 aromatic heterocycles. The van der Waals surface area contributed by atoms with Crippen molar-refractivity contribution in [3.8, 4) is 0 Å². The van der Waals surface area contributed by atoms with E-state index in [0.717, 1.165) is 67.2 Å². The Morgan fingerprint density at radius 2 is 1.79 bits per heavy atom. The molecule has 180 valence electrons. The molecule has 0 radical (unpaired) electrons. The van der Waals surface area contributed by atoms with E-state index in [1.165, 1.54) is 12.8 Å². The number of rotatable bonds is 9. The standard InChI is InChI=1S/C27H29ClF2N2O2/c28-26-23(24(29)9-10-25(26)30)14-32(20-7-8-20)27(33)22-13-31-12-11-21(22)19-5-3-18(4-6-19)16-34-15-17-1-2-17/h3-6,9-10,17,20,31H,1-2,7-8,11-16H2. The summed E-state index contributed by atoms with van der Waals surface area (Å²) in [5, 5.41) is 3.04. The fourth-order valence-corrected chi connectivity index (χ4v) is 4.66. The van der Waals surface area contributed by atoms with Gasteiger partial charge in [0.25, 0.3) is 5.91 Å². The average molecular weight is 487 g/mol. The summed E-state index contributed by atoms with van der Waals surface area (Å²) in [5.41, 5.74) is 3.85. The highest BCUT2D eigenvalue weighted by molar-refractivity contribution is 6.31. The fourth-order valence-electron chi connectivity index (χ4n) is 4.45. The Morgan fingerprint density at radius 3 is 2.50 bits per heavy atom. The van der Waals surface area contributed by atoms with E-state index in [1.54, 1.807) is 4.90 Å². The highest BCUT2D eigenvalue weighted by atomic mass is 35.5. The smallest absolute Gasteiger partial charge is 0.251 e. The van der Waals surface area contributed by atoms with E-state index in [2.05, 4.69) is 17.4 Å². The number of carbonyl (C=O) groups is 1. The van der Waals surface area contributed by atoms with Gasteiger partial charge in [-0.2, -0.15) is 0 Å². The molecule has 7 heteroatoms. The maximum absolute atomic E-state index is 14.5. The number of hydrogen-bond acceptors (Lipinski definition) is 3. The molecule has 2 aromatic rings. The predicted octanol–water partition coefficient (Wildman–Crippen LogP) is 5.48. The molecule has 5 rings (SSSR count). The lowest BCUT2D eigenvalue weighted by atomic mass is 9.92. The summed E-state index contributed by atoms with van der Waals surface area (Å²) < 4.78 is 34.2. The van der Waals surface area contributed by atoms with E-state index in [0.29, 0.717) is 18.7 Å². The molecule has 4 nitrogen and oxygen atoms in total. The number of ether oxygens (including phenoxy) is 1. The minimum Gasteiger partial charge on any atom is -0.376 e. The highest BCUT2D eigenvalue weighted by Crippen LogP contribution is 2.35. The SMILES string of the molecule is O=C(C1=C(c2ccc(COCC3CC3)cc2)CCNC1)N(Cc1c(F)ccc(F)c1Cl)C1CC1. The van der Waals surface area contributed by atoms with Crippen LogP contribution < -0.4 is 5.32 Å². The molecule has 2 aliphatic carbocycles. The lowest BCUT2D eigenvalue weighted by molar-refractivity contribution is -0.128. The monoisotopic (exact) mass is 486 g/mol. The topological polar surface area (TPSA) is 41.6 Å². The number of benzene rings is 2. The molecule has 1 aliphatic heterocycles. The second-order valence-electron chi connectivity index (χ2n) is 9.53. The molecule has 1 heterocycles. The zero-order valence-electron chi connectivity index (χ0n) is 19.1. The summed E-state index contributed by atoms with van der Waals surface area (Å²) in [6.45, 7) is 2.61. The molecule has 0 unspecified atom stereocenters. The van der Waals surface area contributed by atoms with Crippen molar-refractivity contribution in [2.24, 2.45) is 5.92 Å². The number of hydrogen-bond donors (Lipinski definition) is 1.